The van der Waals surface area contributed by atoms with Crippen molar-refractivity contribution in [2.45, 2.75) is 6.54 Å². The van der Waals surface area contributed by atoms with Crippen LogP contribution in [0.5, 0.6) is 0 Å². The average molecular weight is 296 g/mol. The van der Waals surface area contributed by atoms with Gasteiger partial charge in [-0.05, 0) is 29.6 Å². The summed E-state index contributed by atoms with van der Waals surface area (Å²) in [6.07, 6.45) is 0. The molecule has 0 unspecified atom stereocenters. The monoisotopic (exact) mass is 296 g/mol. The van der Waals surface area contributed by atoms with Gasteiger partial charge in [-0.25, -0.2) is 4.98 Å². The van der Waals surface area contributed by atoms with Gasteiger partial charge in [-0.2, -0.15) is 0 Å². The number of hydrogen-bond acceptors (Lipinski definition) is 3. The van der Waals surface area contributed by atoms with Gasteiger partial charge >= 0.3 is 0 Å². The molecule has 1 amide bonds. The van der Waals surface area contributed by atoms with Crippen LogP contribution in [0.25, 0.3) is 21.3 Å². The number of fused-ring (bicyclic) bond motifs is 2. The molecule has 0 radical (unpaired) electrons. The molecule has 104 valence electrons. The van der Waals surface area contributed by atoms with Crippen LogP contribution in [0.3, 0.4) is 0 Å². The molecule has 0 spiro atoms. The number of carbonyl (C=O) groups is 1. The second-order valence-electron chi connectivity index (χ2n) is 4.76. The molecule has 4 aromatic rings. The van der Waals surface area contributed by atoms with Crippen molar-refractivity contribution in [3.05, 3.63) is 53.3 Å². The molecule has 4 rings (SSSR count). The van der Waals surface area contributed by atoms with Crippen molar-refractivity contribution in [2.75, 3.05) is 0 Å². The van der Waals surface area contributed by atoms with Crippen LogP contribution in [-0.4, -0.2) is 20.9 Å². The van der Waals surface area contributed by atoms with Crippen molar-refractivity contribution in [1.29, 1.82) is 0 Å². The number of nitrogens with zero attached hydrogens (tertiary/aromatic N) is 1. The molecule has 0 saturated carbocycles. The Balaban J connectivity index is 1.50. The van der Waals surface area contributed by atoms with E-state index in [1.165, 1.54) is 0 Å². The Bertz CT molecular complexity index is 872. The number of carbonyl (C=O) groups excluding carboxylic acids is 1. The van der Waals surface area contributed by atoms with Crippen LogP contribution >= 0.6 is 11.3 Å². The normalized spacial score (nSPS) is 11.2. The summed E-state index contributed by atoms with van der Waals surface area (Å²) in [5.74, 6) is 0.622. The summed E-state index contributed by atoms with van der Waals surface area (Å²) in [6, 6.07) is 11.6. The van der Waals surface area contributed by atoms with E-state index in [-0.39, 0.29) is 5.91 Å². The number of aromatic nitrogens is 3. The molecule has 5 nitrogen and oxygen atoms in total. The lowest BCUT2D eigenvalue weighted by molar-refractivity contribution is 0.0946. The molecule has 0 bridgehead atoms. The quantitative estimate of drug-likeness (QED) is 0.543. The fourth-order valence-electron chi connectivity index (χ4n) is 2.32. The number of hydrogen-bond donors (Lipinski definition) is 3. The summed E-state index contributed by atoms with van der Waals surface area (Å²) in [5, 5.41) is 4.86. The van der Waals surface area contributed by atoms with Gasteiger partial charge in [-0.3, -0.25) is 4.79 Å². The SMILES string of the molecule is O=C(NCc1nc2ccccc2[nH]1)c1cc2sccc2[nH]1. The van der Waals surface area contributed by atoms with Gasteiger partial charge in [-0.15, -0.1) is 11.3 Å². The first-order valence-electron chi connectivity index (χ1n) is 6.57. The molecule has 21 heavy (non-hydrogen) atoms. The number of nitrogens with one attached hydrogen (secondary N) is 3. The molecule has 0 aliphatic rings. The van der Waals surface area contributed by atoms with Crippen LogP contribution in [0, 0.1) is 0 Å². The molecule has 1 aromatic carbocycles. The van der Waals surface area contributed by atoms with Gasteiger partial charge in [0.15, 0.2) is 0 Å². The van der Waals surface area contributed by atoms with Crippen molar-refractivity contribution in [3.8, 4) is 0 Å². The third-order valence-corrected chi connectivity index (χ3v) is 4.20. The summed E-state index contributed by atoms with van der Waals surface area (Å²) < 4.78 is 1.09. The van der Waals surface area contributed by atoms with Crippen molar-refractivity contribution < 1.29 is 4.79 Å². The van der Waals surface area contributed by atoms with E-state index in [0.29, 0.717) is 12.2 Å². The second-order valence-corrected chi connectivity index (χ2v) is 5.71. The van der Waals surface area contributed by atoms with E-state index >= 15 is 0 Å². The topological polar surface area (TPSA) is 73.6 Å². The number of amides is 1. The Kier molecular flexibility index (Phi) is 2.75. The summed E-state index contributed by atoms with van der Waals surface area (Å²) in [6.45, 7) is 0.375. The second kappa shape index (κ2) is 4.75. The average Bonchev–Trinajstić information content (AvgIpc) is 3.17. The number of benzene rings is 1. The Morgan fingerprint density at radius 1 is 1.19 bits per heavy atom. The molecular formula is C15H12N4OS. The van der Waals surface area contributed by atoms with E-state index in [1.807, 2.05) is 41.8 Å². The van der Waals surface area contributed by atoms with Crippen molar-refractivity contribution in [2.24, 2.45) is 0 Å². The van der Waals surface area contributed by atoms with Crippen LogP contribution in [0.4, 0.5) is 0 Å². The van der Waals surface area contributed by atoms with E-state index < -0.39 is 0 Å². The zero-order chi connectivity index (χ0) is 14.2. The number of para-hydroxylation sites is 2. The maximum absolute atomic E-state index is 12.1. The Morgan fingerprint density at radius 3 is 2.95 bits per heavy atom. The fourth-order valence-corrected chi connectivity index (χ4v) is 3.10. The van der Waals surface area contributed by atoms with E-state index in [4.69, 9.17) is 0 Å². The maximum Gasteiger partial charge on any atom is 0.268 e. The lowest BCUT2D eigenvalue weighted by atomic mass is 10.3. The van der Waals surface area contributed by atoms with Gasteiger partial charge in [-0.1, -0.05) is 12.1 Å². The van der Waals surface area contributed by atoms with Gasteiger partial charge < -0.3 is 15.3 Å². The highest BCUT2D eigenvalue weighted by atomic mass is 32.1. The van der Waals surface area contributed by atoms with Crippen molar-refractivity contribution >= 4 is 38.5 Å². The fraction of sp³-hybridized carbons (Fsp3) is 0.0667. The van der Waals surface area contributed by atoms with E-state index in [9.17, 15) is 4.79 Å². The molecule has 0 saturated heterocycles. The number of imidazole rings is 1. The van der Waals surface area contributed by atoms with Gasteiger partial charge in [0, 0.05) is 0 Å². The molecule has 0 atom stereocenters. The summed E-state index contributed by atoms with van der Waals surface area (Å²) in [5.41, 5.74) is 3.45. The Labute approximate surface area is 124 Å². The molecule has 3 aromatic heterocycles. The first kappa shape index (κ1) is 12.2. The minimum absolute atomic E-state index is 0.126. The zero-order valence-electron chi connectivity index (χ0n) is 11.0. The van der Waals surface area contributed by atoms with Gasteiger partial charge in [0.1, 0.15) is 11.5 Å². The molecule has 0 fully saturated rings. The van der Waals surface area contributed by atoms with Gasteiger partial charge in [0.25, 0.3) is 5.91 Å². The molecule has 3 N–H and O–H groups in total. The van der Waals surface area contributed by atoms with Crippen LogP contribution in [0.2, 0.25) is 0 Å². The minimum Gasteiger partial charge on any atom is -0.350 e. The van der Waals surface area contributed by atoms with E-state index in [2.05, 4.69) is 20.3 Å². The summed E-state index contributed by atoms with van der Waals surface area (Å²) in [4.78, 5) is 22.9. The maximum atomic E-state index is 12.1. The lowest BCUT2D eigenvalue weighted by Crippen LogP contribution is -2.23. The number of rotatable bonds is 3. The molecule has 0 aliphatic carbocycles. The Morgan fingerprint density at radius 2 is 2.10 bits per heavy atom. The first-order valence-corrected chi connectivity index (χ1v) is 7.45. The van der Waals surface area contributed by atoms with Crippen LogP contribution in [0.1, 0.15) is 16.3 Å². The van der Waals surface area contributed by atoms with E-state index in [1.54, 1.807) is 11.3 Å². The third-order valence-electron chi connectivity index (χ3n) is 3.34. The van der Waals surface area contributed by atoms with Crippen molar-refractivity contribution in [1.82, 2.24) is 20.3 Å². The zero-order valence-corrected chi connectivity index (χ0v) is 11.8. The molecule has 0 aliphatic heterocycles. The first-order chi connectivity index (χ1) is 10.3. The highest BCUT2D eigenvalue weighted by molar-refractivity contribution is 7.17. The molecule has 6 heteroatoms. The summed E-state index contributed by atoms with van der Waals surface area (Å²) in [7, 11) is 0. The largest absolute Gasteiger partial charge is 0.350 e. The number of aromatic amines is 2. The van der Waals surface area contributed by atoms with Crippen molar-refractivity contribution in [3.63, 3.8) is 0 Å². The lowest BCUT2D eigenvalue weighted by Gasteiger charge is -2.00. The van der Waals surface area contributed by atoms with E-state index in [0.717, 1.165) is 27.1 Å². The molecular weight excluding hydrogens is 284 g/mol. The predicted molar refractivity (Wildman–Crippen MR) is 83.4 cm³/mol. The highest BCUT2D eigenvalue weighted by Gasteiger charge is 2.10. The standard InChI is InChI=1S/C15H12N4OS/c20-15(12-7-13-11(17-12)5-6-21-13)16-8-14-18-9-3-1-2-4-10(9)19-14/h1-7,17H,8H2,(H,16,20)(H,18,19). The Hall–Kier alpha value is -2.60. The highest BCUT2D eigenvalue weighted by Crippen LogP contribution is 2.21. The van der Waals surface area contributed by atoms with Gasteiger partial charge in [0.05, 0.1) is 27.8 Å². The number of H-pyrrole nitrogens is 2. The van der Waals surface area contributed by atoms with Crippen LogP contribution in [0.15, 0.2) is 41.8 Å². The predicted octanol–water partition coefficient (Wildman–Crippen LogP) is 3.04. The third kappa shape index (κ3) is 2.19. The van der Waals surface area contributed by atoms with Crippen LogP contribution in [-0.2, 0) is 6.54 Å². The summed E-state index contributed by atoms with van der Waals surface area (Å²) >= 11 is 1.61. The van der Waals surface area contributed by atoms with Gasteiger partial charge in [0.2, 0.25) is 0 Å². The smallest absolute Gasteiger partial charge is 0.268 e. The van der Waals surface area contributed by atoms with Crippen LogP contribution < -0.4 is 5.32 Å². The number of thiophene rings is 1. The molecule has 3 heterocycles. The minimum atomic E-state index is -0.126.